The van der Waals surface area contributed by atoms with Gasteiger partial charge >= 0.3 is 0 Å². The Morgan fingerprint density at radius 3 is 2.33 bits per heavy atom. The van der Waals surface area contributed by atoms with Crippen LogP contribution in [0.1, 0.15) is 6.92 Å². The van der Waals surface area contributed by atoms with Crippen molar-refractivity contribution < 1.29 is 31.1 Å². The first kappa shape index (κ1) is 21.6. The van der Waals surface area contributed by atoms with E-state index in [2.05, 4.69) is 15.0 Å². The number of fused-ring (bicyclic) bond motifs is 1. The van der Waals surface area contributed by atoms with E-state index in [9.17, 15) is 21.6 Å². The zero-order valence-corrected chi connectivity index (χ0v) is 17.9. The molecule has 0 saturated carbocycles. The van der Waals surface area contributed by atoms with Crippen LogP contribution in [0.25, 0.3) is 0 Å². The molecule has 1 aliphatic rings. The maximum atomic E-state index is 12.7. The fourth-order valence-corrected chi connectivity index (χ4v) is 5.20. The number of sulfone groups is 1. The van der Waals surface area contributed by atoms with Crippen LogP contribution in [0, 0.1) is 0 Å². The lowest BCUT2D eigenvalue weighted by Gasteiger charge is -2.17. The lowest BCUT2D eigenvalue weighted by Crippen LogP contribution is -2.24. The molecule has 10 nitrogen and oxygen atoms in total. The SMILES string of the molecule is COc1cc(NC(=O)CS(=O)(=O)c2ccc3c(c2)S(=O)(=O)N=C(C)N3)cc(OC)c1. The van der Waals surface area contributed by atoms with Crippen LogP contribution in [0.4, 0.5) is 11.4 Å². The Kier molecular flexibility index (Phi) is 5.72. The molecule has 0 atom stereocenters. The molecule has 1 aliphatic heterocycles. The van der Waals surface area contributed by atoms with Crippen molar-refractivity contribution in [1.29, 1.82) is 0 Å². The van der Waals surface area contributed by atoms with Crippen molar-refractivity contribution in [2.45, 2.75) is 16.7 Å². The van der Waals surface area contributed by atoms with Crippen molar-refractivity contribution in [2.24, 2.45) is 4.40 Å². The van der Waals surface area contributed by atoms with Gasteiger partial charge in [0.15, 0.2) is 9.84 Å². The molecule has 0 fully saturated rings. The van der Waals surface area contributed by atoms with E-state index in [0.29, 0.717) is 11.5 Å². The van der Waals surface area contributed by atoms with Crippen LogP contribution in [-0.2, 0) is 24.7 Å². The molecule has 2 aromatic carbocycles. The Morgan fingerprint density at radius 1 is 1.10 bits per heavy atom. The van der Waals surface area contributed by atoms with Gasteiger partial charge in [-0.2, -0.15) is 8.42 Å². The van der Waals surface area contributed by atoms with Crippen molar-refractivity contribution in [3.8, 4) is 11.5 Å². The Labute approximate surface area is 173 Å². The minimum Gasteiger partial charge on any atom is -0.497 e. The molecule has 0 aromatic heterocycles. The topological polar surface area (TPSA) is 140 Å². The van der Waals surface area contributed by atoms with Gasteiger partial charge in [-0.25, -0.2) is 8.42 Å². The second-order valence-corrected chi connectivity index (χ2v) is 9.91. The molecule has 0 saturated heterocycles. The van der Waals surface area contributed by atoms with Crippen LogP contribution < -0.4 is 20.1 Å². The molecule has 2 aromatic rings. The average Bonchev–Trinajstić information content (AvgIpc) is 2.66. The molecule has 160 valence electrons. The molecule has 2 N–H and O–H groups in total. The van der Waals surface area contributed by atoms with Gasteiger partial charge in [0, 0.05) is 23.9 Å². The summed E-state index contributed by atoms with van der Waals surface area (Å²) in [5, 5.41) is 5.23. The zero-order valence-electron chi connectivity index (χ0n) is 16.3. The summed E-state index contributed by atoms with van der Waals surface area (Å²) < 4.78 is 63.5. The van der Waals surface area contributed by atoms with E-state index in [4.69, 9.17) is 9.47 Å². The fourth-order valence-electron chi connectivity index (χ4n) is 2.79. The van der Waals surface area contributed by atoms with Gasteiger partial charge in [-0.1, -0.05) is 0 Å². The first-order chi connectivity index (χ1) is 14.0. The first-order valence-corrected chi connectivity index (χ1v) is 11.6. The Hall–Kier alpha value is -3.12. The lowest BCUT2D eigenvalue weighted by atomic mass is 10.2. The number of methoxy groups -OCH3 is 2. The van der Waals surface area contributed by atoms with E-state index in [0.717, 1.165) is 6.07 Å². The van der Waals surface area contributed by atoms with Crippen LogP contribution >= 0.6 is 0 Å². The Balaban J connectivity index is 1.84. The van der Waals surface area contributed by atoms with E-state index in [1.54, 1.807) is 6.07 Å². The molecule has 0 bridgehead atoms. The third-order valence-electron chi connectivity index (χ3n) is 4.12. The minimum absolute atomic E-state index is 0.172. The Bertz CT molecular complexity index is 1230. The number of carbonyl (C=O) groups is 1. The van der Waals surface area contributed by atoms with E-state index in [1.165, 1.54) is 45.4 Å². The standard InChI is InChI=1S/C18H19N3O7S2/c1-11-19-16-5-4-15(9-17(16)30(25,26)21-11)29(23,24)10-18(22)20-12-6-13(27-2)8-14(7-12)28-3/h4-9H,10H2,1-3H3,(H,19,21)(H,20,22). The molecule has 3 rings (SSSR count). The first-order valence-electron chi connectivity index (χ1n) is 8.52. The summed E-state index contributed by atoms with van der Waals surface area (Å²) in [4.78, 5) is 11.8. The molecule has 0 radical (unpaired) electrons. The number of carbonyl (C=O) groups excluding carboxylic acids is 1. The number of hydrogen-bond acceptors (Lipinski definition) is 8. The molecular weight excluding hydrogens is 434 g/mol. The normalized spacial score (nSPS) is 14.7. The van der Waals surface area contributed by atoms with E-state index in [-0.39, 0.29) is 27.0 Å². The van der Waals surface area contributed by atoms with Gasteiger partial charge in [0.05, 0.1) is 24.8 Å². The predicted octanol–water partition coefficient (Wildman–Crippen LogP) is 1.65. The largest absolute Gasteiger partial charge is 0.497 e. The maximum Gasteiger partial charge on any atom is 0.286 e. The monoisotopic (exact) mass is 453 g/mol. The number of rotatable bonds is 6. The van der Waals surface area contributed by atoms with Crippen LogP contribution in [0.15, 0.2) is 50.6 Å². The molecular formula is C18H19N3O7S2. The second-order valence-electron chi connectivity index (χ2n) is 6.34. The molecule has 1 heterocycles. The van der Waals surface area contributed by atoms with Gasteiger partial charge < -0.3 is 20.1 Å². The quantitative estimate of drug-likeness (QED) is 0.673. The molecule has 12 heteroatoms. The number of hydrogen-bond donors (Lipinski definition) is 2. The third kappa shape index (κ3) is 4.54. The molecule has 1 amide bonds. The highest BCUT2D eigenvalue weighted by molar-refractivity contribution is 7.92. The van der Waals surface area contributed by atoms with Crippen LogP contribution in [0.2, 0.25) is 0 Å². The predicted molar refractivity (Wildman–Crippen MR) is 111 cm³/mol. The molecule has 0 aliphatic carbocycles. The number of amides is 1. The van der Waals surface area contributed by atoms with Gasteiger partial charge in [0.25, 0.3) is 10.0 Å². The average molecular weight is 453 g/mol. The van der Waals surface area contributed by atoms with E-state index < -0.39 is 31.5 Å². The van der Waals surface area contributed by atoms with Gasteiger partial charge in [-0.3, -0.25) is 4.79 Å². The summed E-state index contributed by atoms with van der Waals surface area (Å²) in [5.41, 5.74) is 0.503. The fraction of sp³-hybridized carbons (Fsp3) is 0.222. The number of nitrogens with one attached hydrogen (secondary N) is 2. The smallest absolute Gasteiger partial charge is 0.286 e. The molecule has 0 unspecified atom stereocenters. The lowest BCUT2D eigenvalue weighted by molar-refractivity contribution is -0.113. The number of ether oxygens (including phenoxy) is 2. The number of sulfonamides is 1. The summed E-state index contributed by atoms with van der Waals surface area (Å²) in [7, 11) is -5.28. The minimum atomic E-state index is -4.12. The summed E-state index contributed by atoms with van der Waals surface area (Å²) in [6, 6.07) is 8.15. The van der Waals surface area contributed by atoms with Crippen molar-refractivity contribution in [2.75, 3.05) is 30.6 Å². The van der Waals surface area contributed by atoms with Crippen LogP contribution in [0.3, 0.4) is 0 Å². The van der Waals surface area contributed by atoms with Crippen molar-refractivity contribution in [1.82, 2.24) is 0 Å². The summed E-state index contributed by atoms with van der Waals surface area (Å²) in [6.45, 7) is 1.48. The van der Waals surface area contributed by atoms with Crippen molar-refractivity contribution in [3.63, 3.8) is 0 Å². The van der Waals surface area contributed by atoms with Crippen LogP contribution in [-0.4, -0.2) is 48.6 Å². The van der Waals surface area contributed by atoms with Gasteiger partial charge in [-0.15, -0.1) is 4.40 Å². The van der Waals surface area contributed by atoms with Gasteiger partial charge in [0.1, 0.15) is 28.0 Å². The number of benzene rings is 2. The number of anilines is 2. The Morgan fingerprint density at radius 2 is 1.73 bits per heavy atom. The third-order valence-corrected chi connectivity index (χ3v) is 7.14. The highest BCUT2D eigenvalue weighted by Gasteiger charge is 2.27. The number of amidine groups is 1. The summed E-state index contributed by atoms with van der Waals surface area (Å²) >= 11 is 0. The van der Waals surface area contributed by atoms with Gasteiger partial charge in [0.2, 0.25) is 5.91 Å². The van der Waals surface area contributed by atoms with E-state index >= 15 is 0 Å². The van der Waals surface area contributed by atoms with Gasteiger partial charge in [-0.05, 0) is 25.1 Å². The number of nitrogens with zero attached hydrogens (tertiary/aromatic N) is 1. The highest BCUT2D eigenvalue weighted by Crippen LogP contribution is 2.30. The molecule has 30 heavy (non-hydrogen) atoms. The van der Waals surface area contributed by atoms with Crippen molar-refractivity contribution >= 4 is 43.0 Å². The van der Waals surface area contributed by atoms with Crippen LogP contribution in [0.5, 0.6) is 11.5 Å². The summed E-state index contributed by atoms with van der Waals surface area (Å²) in [6.07, 6.45) is 0. The maximum absolute atomic E-state index is 12.7. The summed E-state index contributed by atoms with van der Waals surface area (Å²) in [5.74, 6) is -0.697. The highest BCUT2D eigenvalue weighted by atomic mass is 32.2. The zero-order chi connectivity index (χ0) is 22.1. The molecule has 0 spiro atoms. The van der Waals surface area contributed by atoms with E-state index in [1.807, 2.05) is 0 Å². The second kappa shape index (κ2) is 7.95. The van der Waals surface area contributed by atoms with Crippen molar-refractivity contribution in [3.05, 3.63) is 36.4 Å².